The maximum atomic E-state index is 4.11. The molecule has 0 bridgehead atoms. The van der Waals surface area contributed by atoms with Crippen LogP contribution < -0.4 is 0 Å². The molecular weight excluding hydrogens is 171 g/mol. The van der Waals surface area contributed by atoms with E-state index >= 15 is 0 Å². The first-order chi connectivity index (χ1) is 4.47. The molecule has 2 heterocycles. The minimum atomic E-state index is 0. The molecular formula is C7H6CoN2. The van der Waals surface area contributed by atoms with Gasteiger partial charge in [0, 0.05) is 29.2 Å². The topological polar surface area (TPSA) is 28.7 Å². The van der Waals surface area contributed by atoms with Crippen molar-refractivity contribution in [1.82, 2.24) is 9.97 Å². The minimum Gasteiger partial charge on any atom is -0.360 e. The molecule has 0 spiro atoms. The summed E-state index contributed by atoms with van der Waals surface area (Å²) in [6.07, 6.45) is 3.67. The summed E-state index contributed by atoms with van der Waals surface area (Å²) in [5, 5.41) is 0. The van der Waals surface area contributed by atoms with E-state index < -0.39 is 0 Å². The van der Waals surface area contributed by atoms with Crippen LogP contribution >= 0.6 is 0 Å². The molecule has 1 N–H and O–H groups in total. The van der Waals surface area contributed by atoms with Gasteiger partial charge in [0.25, 0.3) is 0 Å². The van der Waals surface area contributed by atoms with Crippen molar-refractivity contribution in [3.05, 3.63) is 30.6 Å². The number of hydrogen-bond acceptors (Lipinski definition) is 1. The predicted molar refractivity (Wildman–Crippen MR) is 36.1 cm³/mol. The summed E-state index contributed by atoms with van der Waals surface area (Å²) in [6, 6.07) is 5.87. The number of aromatic nitrogens is 2. The summed E-state index contributed by atoms with van der Waals surface area (Å²) in [4.78, 5) is 7.17. The van der Waals surface area contributed by atoms with E-state index in [1.54, 1.807) is 6.20 Å². The van der Waals surface area contributed by atoms with E-state index in [2.05, 4.69) is 9.97 Å². The molecule has 0 aliphatic heterocycles. The molecule has 0 aromatic carbocycles. The molecule has 0 aliphatic carbocycles. The number of fused-ring (bicyclic) bond motifs is 1. The molecule has 0 amide bonds. The van der Waals surface area contributed by atoms with Gasteiger partial charge in [-0.1, -0.05) is 0 Å². The fourth-order valence-corrected chi connectivity index (χ4v) is 0.883. The molecule has 0 aliphatic rings. The molecule has 0 saturated carbocycles. The van der Waals surface area contributed by atoms with Crippen LogP contribution in [0.5, 0.6) is 0 Å². The zero-order valence-electron chi connectivity index (χ0n) is 5.17. The van der Waals surface area contributed by atoms with Gasteiger partial charge in [-0.25, -0.2) is 0 Å². The third kappa shape index (κ3) is 1.05. The van der Waals surface area contributed by atoms with Crippen LogP contribution in [-0.2, 0) is 16.8 Å². The Morgan fingerprint density at radius 1 is 1.30 bits per heavy atom. The van der Waals surface area contributed by atoms with E-state index in [9.17, 15) is 0 Å². The summed E-state index contributed by atoms with van der Waals surface area (Å²) < 4.78 is 0. The molecule has 53 valence electrons. The van der Waals surface area contributed by atoms with E-state index in [0.29, 0.717) is 0 Å². The number of hydrogen-bond donors (Lipinski definition) is 1. The second-order valence-corrected chi connectivity index (χ2v) is 1.91. The molecule has 3 heteroatoms. The quantitative estimate of drug-likeness (QED) is 0.649. The number of rotatable bonds is 0. The zero-order valence-corrected chi connectivity index (χ0v) is 6.21. The fourth-order valence-electron chi connectivity index (χ4n) is 0.883. The Morgan fingerprint density at radius 2 is 2.20 bits per heavy atom. The van der Waals surface area contributed by atoms with Gasteiger partial charge in [-0.05, 0) is 18.2 Å². The van der Waals surface area contributed by atoms with E-state index in [1.807, 2.05) is 24.4 Å². The van der Waals surface area contributed by atoms with Crippen LogP contribution in [0.1, 0.15) is 0 Å². The molecule has 1 radical (unpaired) electrons. The van der Waals surface area contributed by atoms with Crippen LogP contribution in [0.2, 0.25) is 0 Å². The molecule has 10 heavy (non-hydrogen) atoms. The average Bonchev–Trinajstić information content (AvgIpc) is 2.33. The van der Waals surface area contributed by atoms with Crippen molar-refractivity contribution in [1.29, 1.82) is 0 Å². The standard InChI is InChI=1S/C7H6N2.Co/c1-2-6-7(8-4-1)3-5-9-6;/h1-5,9H;. The molecule has 2 aromatic heterocycles. The summed E-state index contributed by atoms with van der Waals surface area (Å²) in [5.41, 5.74) is 2.12. The predicted octanol–water partition coefficient (Wildman–Crippen LogP) is 1.56. The van der Waals surface area contributed by atoms with E-state index in [0.717, 1.165) is 11.0 Å². The van der Waals surface area contributed by atoms with Gasteiger partial charge in [0.05, 0.1) is 11.0 Å². The number of nitrogens with one attached hydrogen (secondary N) is 1. The van der Waals surface area contributed by atoms with Crippen LogP contribution in [0, 0.1) is 0 Å². The summed E-state index contributed by atoms with van der Waals surface area (Å²) in [5.74, 6) is 0. The normalized spacial score (nSPS) is 9.20. The maximum absolute atomic E-state index is 4.11. The summed E-state index contributed by atoms with van der Waals surface area (Å²) in [6.45, 7) is 0. The zero-order chi connectivity index (χ0) is 6.10. The van der Waals surface area contributed by atoms with Gasteiger partial charge in [0.2, 0.25) is 0 Å². The van der Waals surface area contributed by atoms with Crippen molar-refractivity contribution in [2.45, 2.75) is 0 Å². The van der Waals surface area contributed by atoms with Gasteiger partial charge in [-0.15, -0.1) is 0 Å². The van der Waals surface area contributed by atoms with E-state index in [-0.39, 0.29) is 16.8 Å². The molecule has 2 nitrogen and oxygen atoms in total. The van der Waals surface area contributed by atoms with Crippen LogP contribution in [0.4, 0.5) is 0 Å². The van der Waals surface area contributed by atoms with E-state index in [1.165, 1.54) is 0 Å². The van der Waals surface area contributed by atoms with Crippen molar-refractivity contribution in [2.24, 2.45) is 0 Å². The smallest absolute Gasteiger partial charge is 0.0878 e. The third-order valence-corrected chi connectivity index (χ3v) is 1.32. The van der Waals surface area contributed by atoms with Crippen molar-refractivity contribution >= 4 is 11.0 Å². The Balaban J connectivity index is 0.000000500. The number of aromatic amines is 1. The average molecular weight is 177 g/mol. The molecule has 0 atom stereocenters. The second-order valence-electron chi connectivity index (χ2n) is 1.91. The van der Waals surface area contributed by atoms with Crippen LogP contribution in [-0.4, -0.2) is 9.97 Å². The largest absolute Gasteiger partial charge is 0.360 e. The van der Waals surface area contributed by atoms with Gasteiger partial charge in [0.1, 0.15) is 0 Å². The van der Waals surface area contributed by atoms with Crippen LogP contribution in [0.15, 0.2) is 30.6 Å². The fraction of sp³-hybridized carbons (Fsp3) is 0. The van der Waals surface area contributed by atoms with Crippen molar-refractivity contribution in [3.63, 3.8) is 0 Å². The molecule has 2 aromatic rings. The first kappa shape index (κ1) is 7.31. The summed E-state index contributed by atoms with van der Waals surface area (Å²) in [7, 11) is 0. The molecule has 0 fully saturated rings. The Kier molecular flexibility index (Phi) is 2.08. The maximum Gasteiger partial charge on any atom is 0.0878 e. The second kappa shape index (κ2) is 2.85. The Morgan fingerprint density at radius 3 is 3.00 bits per heavy atom. The van der Waals surface area contributed by atoms with Gasteiger partial charge < -0.3 is 4.98 Å². The van der Waals surface area contributed by atoms with Gasteiger partial charge in [-0.2, -0.15) is 0 Å². The SMILES string of the molecule is [Co].c1cnc2cc[nH]c2c1. The number of H-pyrrole nitrogens is 1. The number of nitrogens with zero attached hydrogens (tertiary/aromatic N) is 1. The Hall–Kier alpha value is -0.804. The number of pyridine rings is 1. The Labute approximate surface area is 68.9 Å². The molecule has 2 rings (SSSR count). The molecule has 0 saturated heterocycles. The van der Waals surface area contributed by atoms with E-state index in [4.69, 9.17) is 0 Å². The molecule has 0 unspecified atom stereocenters. The van der Waals surface area contributed by atoms with Crippen molar-refractivity contribution in [3.8, 4) is 0 Å². The monoisotopic (exact) mass is 177 g/mol. The summed E-state index contributed by atoms with van der Waals surface area (Å²) >= 11 is 0. The Bertz CT molecular complexity index is 286. The van der Waals surface area contributed by atoms with Crippen LogP contribution in [0.25, 0.3) is 11.0 Å². The van der Waals surface area contributed by atoms with Gasteiger partial charge in [0.15, 0.2) is 0 Å². The minimum absolute atomic E-state index is 0. The first-order valence-electron chi connectivity index (χ1n) is 2.85. The first-order valence-corrected chi connectivity index (χ1v) is 2.85. The van der Waals surface area contributed by atoms with Crippen molar-refractivity contribution in [2.75, 3.05) is 0 Å². The van der Waals surface area contributed by atoms with Crippen molar-refractivity contribution < 1.29 is 16.8 Å². The van der Waals surface area contributed by atoms with Crippen LogP contribution in [0.3, 0.4) is 0 Å². The van der Waals surface area contributed by atoms with Gasteiger partial charge in [-0.3, -0.25) is 4.98 Å². The third-order valence-electron chi connectivity index (χ3n) is 1.32. The van der Waals surface area contributed by atoms with Gasteiger partial charge >= 0.3 is 0 Å².